The molecule has 26 heavy (non-hydrogen) atoms. The Kier molecular flexibility index (Phi) is 14.9. The van der Waals surface area contributed by atoms with Crippen molar-refractivity contribution in [2.45, 2.75) is 97.8 Å². The van der Waals surface area contributed by atoms with Gasteiger partial charge < -0.3 is 0 Å². The van der Waals surface area contributed by atoms with Gasteiger partial charge in [-0.2, -0.15) is 0 Å². The van der Waals surface area contributed by atoms with Crippen LogP contribution in [0.15, 0.2) is 0 Å². The van der Waals surface area contributed by atoms with Crippen molar-refractivity contribution < 1.29 is 25.2 Å². The van der Waals surface area contributed by atoms with Crippen LogP contribution >= 0.6 is 7.81 Å². The third kappa shape index (κ3) is 39.4. The van der Waals surface area contributed by atoms with Crippen LogP contribution in [0.1, 0.15) is 97.8 Å². The first-order valence-corrected chi connectivity index (χ1v) is 13.8. The molecule has 0 aromatic heterocycles. The van der Waals surface area contributed by atoms with Gasteiger partial charge in [0.1, 0.15) is 17.3 Å². The van der Waals surface area contributed by atoms with E-state index in [0.717, 1.165) is 10.9 Å². The van der Waals surface area contributed by atoms with Crippen LogP contribution in [0.5, 0.6) is 0 Å². The maximum absolute atomic E-state index is 10.7. The van der Waals surface area contributed by atoms with Crippen molar-refractivity contribution >= 4 is 18.7 Å². The summed E-state index contributed by atoms with van der Waals surface area (Å²) in [6, 6.07) is 0. The van der Waals surface area contributed by atoms with Gasteiger partial charge in [0.05, 0.1) is 0 Å². The Morgan fingerprint density at radius 2 is 0.769 bits per heavy atom. The van der Waals surface area contributed by atoms with Crippen molar-refractivity contribution in [2.75, 3.05) is 17.3 Å². The molecule has 0 aliphatic carbocycles. The first-order chi connectivity index (χ1) is 11.8. The zero-order chi connectivity index (χ0) is 20.6. The number of halogens is 6. The predicted octanol–water partition coefficient (Wildman–Crippen LogP) is 9.73. The van der Waals surface area contributed by atoms with E-state index in [4.69, 9.17) is 0 Å². The molecule has 0 unspecified atom stereocenters. The fourth-order valence-corrected chi connectivity index (χ4v) is 4.57. The van der Waals surface area contributed by atoms with Gasteiger partial charge >= 0.3 is 33.0 Å². The van der Waals surface area contributed by atoms with Crippen LogP contribution < -0.4 is 0 Å². The minimum absolute atomic E-state index is 0.754. The molecular formula is C18H39F6PS. The average molecular weight is 433 g/mol. The molecule has 0 spiro atoms. The van der Waals surface area contributed by atoms with E-state index < -0.39 is 7.81 Å². The molecule has 0 N–H and O–H groups in total. The zero-order valence-corrected chi connectivity index (χ0v) is 18.4. The molecule has 0 nitrogen and oxygen atoms in total. The number of hydrogen-bond acceptors (Lipinski definition) is 0. The molecule has 0 bridgehead atoms. The Bertz CT molecular complexity index is 290. The fraction of sp³-hybridized carbons (Fsp3) is 1.00. The molecule has 8 heteroatoms. The quantitative estimate of drug-likeness (QED) is 0.105. The molecule has 0 heterocycles. The molecule has 0 aliphatic rings. The van der Waals surface area contributed by atoms with Crippen molar-refractivity contribution in [3.8, 4) is 0 Å². The van der Waals surface area contributed by atoms with Crippen LogP contribution in [0.2, 0.25) is 0 Å². The van der Waals surface area contributed by atoms with E-state index in [1.165, 1.54) is 94.3 Å². The Morgan fingerprint density at radius 1 is 0.500 bits per heavy atom. The molecule has 0 amide bonds. The third-order valence-electron chi connectivity index (χ3n) is 3.98. The molecule has 164 valence electrons. The Labute approximate surface area is 159 Å². The van der Waals surface area contributed by atoms with Gasteiger partial charge in [-0.05, 0) is 43.5 Å². The molecule has 0 atom stereocenters. The van der Waals surface area contributed by atoms with Crippen LogP contribution in [-0.2, 0) is 10.9 Å². The van der Waals surface area contributed by atoms with Gasteiger partial charge in [0.2, 0.25) is 0 Å². The minimum atomic E-state index is -10.7. The third-order valence-corrected chi connectivity index (χ3v) is 6.53. The summed E-state index contributed by atoms with van der Waals surface area (Å²) in [4.78, 5) is 0. The molecule has 0 radical (unpaired) electrons. The SMILES string of the molecule is CCCCCCCC[S+](CC)CCCCCCCC.F[P-](F)(F)(F)(F)F. The Morgan fingerprint density at radius 3 is 1.04 bits per heavy atom. The molecule has 0 aromatic carbocycles. The second-order valence-corrected chi connectivity index (χ2v) is 11.3. The van der Waals surface area contributed by atoms with Crippen LogP contribution in [0.25, 0.3) is 0 Å². The van der Waals surface area contributed by atoms with E-state index in [2.05, 4.69) is 20.8 Å². The molecule has 0 rings (SSSR count). The van der Waals surface area contributed by atoms with Gasteiger partial charge in [-0.1, -0.05) is 65.2 Å². The van der Waals surface area contributed by atoms with Crippen molar-refractivity contribution in [1.29, 1.82) is 0 Å². The monoisotopic (exact) mass is 432 g/mol. The van der Waals surface area contributed by atoms with Crippen LogP contribution in [-0.4, -0.2) is 17.3 Å². The Balaban J connectivity index is 0. The van der Waals surface area contributed by atoms with Gasteiger partial charge in [0.15, 0.2) is 0 Å². The van der Waals surface area contributed by atoms with Crippen LogP contribution in [0, 0.1) is 0 Å². The first-order valence-electron chi connectivity index (χ1n) is 10.0. The standard InChI is InChI=1S/C18H39S.F6P/c1-4-7-9-11-13-15-17-19(6-3)18-16-14-12-10-8-5-2;1-7(2,3,4,5)6/h4-18H2,1-3H3;/q+1;-1. The fourth-order valence-electron chi connectivity index (χ4n) is 2.56. The first kappa shape index (κ1) is 28.6. The van der Waals surface area contributed by atoms with Gasteiger partial charge in [0, 0.05) is 0 Å². The second-order valence-electron chi connectivity index (χ2n) is 6.80. The van der Waals surface area contributed by atoms with Crippen LogP contribution in [0.3, 0.4) is 0 Å². The maximum atomic E-state index is 9.87. The normalized spacial score (nSPS) is 14.5. The molecule has 0 aromatic rings. The summed E-state index contributed by atoms with van der Waals surface area (Å²) < 4.78 is 59.2. The summed E-state index contributed by atoms with van der Waals surface area (Å²) in [5.41, 5.74) is 0. The molecule has 0 saturated carbocycles. The van der Waals surface area contributed by atoms with E-state index in [1.807, 2.05) is 0 Å². The summed E-state index contributed by atoms with van der Waals surface area (Å²) in [5.74, 6) is 4.49. The predicted molar refractivity (Wildman–Crippen MR) is 108 cm³/mol. The van der Waals surface area contributed by atoms with E-state index in [-0.39, 0.29) is 0 Å². The van der Waals surface area contributed by atoms with Crippen molar-refractivity contribution in [3.05, 3.63) is 0 Å². The molecule has 0 fully saturated rings. The van der Waals surface area contributed by atoms with Gasteiger partial charge in [-0.3, -0.25) is 0 Å². The molecule has 0 saturated heterocycles. The Hall–Kier alpha value is 0.360. The summed E-state index contributed by atoms with van der Waals surface area (Å²) in [5, 5.41) is 0. The van der Waals surface area contributed by atoms with Crippen molar-refractivity contribution in [2.24, 2.45) is 0 Å². The van der Waals surface area contributed by atoms with Crippen molar-refractivity contribution in [1.82, 2.24) is 0 Å². The van der Waals surface area contributed by atoms with E-state index in [1.54, 1.807) is 0 Å². The number of hydrogen-bond donors (Lipinski definition) is 0. The summed E-state index contributed by atoms with van der Waals surface area (Å²) >= 11 is 0. The zero-order valence-electron chi connectivity index (χ0n) is 16.7. The van der Waals surface area contributed by atoms with Gasteiger partial charge in [-0.25, -0.2) is 0 Å². The summed E-state index contributed by atoms with van der Waals surface area (Å²) in [6.45, 7) is 7.00. The summed E-state index contributed by atoms with van der Waals surface area (Å²) in [7, 11) is -9.90. The van der Waals surface area contributed by atoms with E-state index >= 15 is 0 Å². The molecule has 0 aliphatic heterocycles. The molecular weight excluding hydrogens is 393 g/mol. The van der Waals surface area contributed by atoms with Gasteiger partial charge in [-0.15, -0.1) is 0 Å². The van der Waals surface area contributed by atoms with Crippen LogP contribution in [0.4, 0.5) is 25.2 Å². The number of rotatable bonds is 15. The number of unbranched alkanes of at least 4 members (excludes halogenated alkanes) is 10. The van der Waals surface area contributed by atoms with E-state index in [0.29, 0.717) is 0 Å². The topological polar surface area (TPSA) is 0 Å². The average Bonchev–Trinajstić information content (AvgIpc) is 2.49. The van der Waals surface area contributed by atoms with E-state index in [9.17, 15) is 25.2 Å². The summed E-state index contributed by atoms with van der Waals surface area (Å²) in [6.07, 6.45) is 17.5. The second kappa shape index (κ2) is 13.5. The van der Waals surface area contributed by atoms with Gasteiger partial charge in [0.25, 0.3) is 0 Å². The van der Waals surface area contributed by atoms with Crippen molar-refractivity contribution in [3.63, 3.8) is 0 Å².